The molecule has 2 aromatic carbocycles. The molecule has 1 aliphatic heterocycles. The predicted molar refractivity (Wildman–Crippen MR) is 90.6 cm³/mol. The lowest BCUT2D eigenvalue weighted by atomic mass is 10.0. The van der Waals surface area contributed by atoms with E-state index in [0.717, 1.165) is 25.9 Å². The lowest BCUT2D eigenvalue weighted by molar-refractivity contribution is -0.115. The molecule has 0 saturated heterocycles. The molecule has 0 spiro atoms. The molecule has 2 nitrogen and oxygen atoms in total. The van der Waals surface area contributed by atoms with E-state index in [1.54, 1.807) is 6.07 Å². The van der Waals surface area contributed by atoms with Crippen molar-refractivity contribution in [3.8, 4) is 0 Å². The van der Waals surface area contributed by atoms with Crippen molar-refractivity contribution in [1.29, 1.82) is 0 Å². The SMILES string of the molecule is O=C1Cc2cc(C(Cl)c3cccc(I)c3)c(Cl)cc2N1. The van der Waals surface area contributed by atoms with Crippen LogP contribution in [0, 0.1) is 3.57 Å². The number of hydrogen-bond donors (Lipinski definition) is 1. The number of carbonyl (C=O) groups excluding carboxylic acids is 1. The zero-order valence-electron chi connectivity index (χ0n) is 10.3. The van der Waals surface area contributed by atoms with Gasteiger partial charge in [-0.15, -0.1) is 11.6 Å². The molecule has 1 N–H and O–H groups in total. The molecule has 5 heteroatoms. The molecule has 1 heterocycles. The van der Waals surface area contributed by atoms with Crippen LogP contribution in [-0.4, -0.2) is 5.91 Å². The number of halogens is 3. The highest BCUT2D eigenvalue weighted by Crippen LogP contribution is 2.38. The van der Waals surface area contributed by atoms with Gasteiger partial charge in [0.15, 0.2) is 0 Å². The van der Waals surface area contributed by atoms with E-state index in [0.29, 0.717) is 11.4 Å². The summed E-state index contributed by atoms with van der Waals surface area (Å²) in [6.07, 6.45) is 0.384. The topological polar surface area (TPSA) is 29.1 Å². The molecule has 2 aromatic rings. The van der Waals surface area contributed by atoms with Crippen LogP contribution in [0.3, 0.4) is 0 Å². The van der Waals surface area contributed by atoms with Crippen molar-refractivity contribution in [3.05, 3.63) is 61.7 Å². The minimum atomic E-state index is -0.321. The molecule has 102 valence electrons. The Labute approximate surface area is 140 Å². The Kier molecular flexibility index (Phi) is 3.93. The van der Waals surface area contributed by atoms with Gasteiger partial charge in [-0.1, -0.05) is 23.7 Å². The fourth-order valence-electron chi connectivity index (χ4n) is 2.31. The van der Waals surface area contributed by atoms with Gasteiger partial charge in [-0.25, -0.2) is 0 Å². The molecule has 1 aliphatic rings. The second-order valence-corrected chi connectivity index (χ2v) is 6.76. The number of hydrogen-bond acceptors (Lipinski definition) is 1. The Balaban J connectivity index is 2.02. The maximum Gasteiger partial charge on any atom is 0.228 e. The Hall–Kier alpha value is -0.780. The van der Waals surface area contributed by atoms with Gasteiger partial charge in [0.2, 0.25) is 5.91 Å². The summed E-state index contributed by atoms with van der Waals surface area (Å²) in [5.74, 6) is -0.00593. The average Bonchev–Trinajstić information content (AvgIpc) is 2.76. The number of carbonyl (C=O) groups is 1. The number of alkyl halides is 1. The van der Waals surface area contributed by atoms with Crippen LogP contribution >= 0.6 is 45.8 Å². The lowest BCUT2D eigenvalue weighted by Gasteiger charge is -2.14. The summed E-state index contributed by atoms with van der Waals surface area (Å²) in [7, 11) is 0. The molecule has 1 amide bonds. The highest BCUT2D eigenvalue weighted by atomic mass is 127. The standard InChI is InChI=1S/C15H10Cl2INO/c16-12-7-13-9(6-14(20)19-13)5-11(12)15(17)8-2-1-3-10(18)4-8/h1-5,7,15H,6H2,(H,19,20). The third-order valence-electron chi connectivity index (χ3n) is 3.26. The van der Waals surface area contributed by atoms with Crippen molar-refractivity contribution >= 4 is 57.4 Å². The zero-order valence-corrected chi connectivity index (χ0v) is 14.0. The Bertz CT molecular complexity index is 702. The van der Waals surface area contributed by atoms with Crippen LogP contribution in [-0.2, 0) is 11.2 Å². The number of amides is 1. The Morgan fingerprint density at radius 3 is 2.80 bits per heavy atom. The number of nitrogens with one attached hydrogen (secondary N) is 1. The summed E-state index contributed by atoms with van der Waals surface area (Å²) in [5.41, 5.74) is 3.57. The first-order chi connectivity index (χ1) is 9.54. The highest BCUT2D eigenvalue weighted by Gasteiger charge is 2.22. The van der Waals surface area contributed by atoms with Crippen LogP contribution < -0.4 is 5.32 Å². The van der Waals surface area contributed by atoms with E-state index in [1.165, 1.54) is 0 Å². The summed E-state index contributed by atoms with van der Waals surface area (Å²) in [4.78, 5) is 11.4. The summed E-state index contributed by atoms with van der Waals surface area (Å²) in [5, 5.41) is 3.04. The normalized spacial score (nSPS) is 14.8. The predicted octanol–water partition coefficient (Wildman–Crippen LogP) is 4.77. The van der Waals surface area contributed by atoms with Crippen LogP contribution in [0.5, 0.6) is 0 Å². The monoisotopic (exact) mass is 417 g/mol. The minimum absolute atomic E-state index is 0.00593. The molecule has 20 heavy (non-hydrogen) atoms. The van der Waals surface area contributed by atoms with Crippen LogP contribution in [0.1, 0.15) is 22.1 Å². The molecule has 1 unspecified atom stereocenters. The molecule has 0 fully saturated rings. The molecule has 0 radical (unpaired) electrons. The molecule has 3 rings (SSSR count). The summed E-state index contributed by atoms with van der Waals surface area (Å²) >= 11 is 15.1. The molecule has 0 aliphatic carbocycles. The zero-order chi connectivity index (χ0) is 14.3. The maximum atomic E-state index is 11.4. The van der Waals surface area contributed by atoms with Gasteiger partial charge in [-0.2, -0.15) is 0 Å². The summed E-state index contributed by atoms with van der Waals surface area (Å²) in [6, 6.07) is 11.7. The van der Waals surface area contributed by atoms with Gasteiger partial charge in [0.1, 0.15) is 0 Å². The van der Waals surface area contributed by atoms with Crippen LogP contribution in [0.2, 0.25) is 5.02 Å². The smallest absolute Gasteiger partial charge is 0.228 e. The fourth-order valence-corrected chi connectivity index (χ4v) is 3.52. The van der Waals surface area contributed by atoms with E-state index in [9.17, 15) is 4.79 Å². The van der Waals surface area contributed by atoms with Crippen molar-refractivity contribution in [2.24, 2.45) is 0 Å². The van der Waals surface area contributed by atoms with Gasteiger partial charge >= 0.3 is 0 Å². The van der Waals surface area contributed by atoms with E-state index >= 15 is 0 Å². The van der Waals surface area contributed by atoms with E-state index in [-0.39, 0.29) is 11.3 Å². The van der Waals surface area contributed by atoms with Gasteiger partial charge in [0.05, 0.1) is 11.8 Å². The van der Waals surface area contributed by atoms with Crippen LogP contribution in [0.25, 0.3) is 0 Å². The van der Waals surface area contributed by atoms with Crippen molar-refractivity contribution in [1.82, 2.24) is 0 Å². The number of anilines is 1. The maximum absolute atomic E-state index is 11.4. The molecule has 1 atom stereocenters. The third kappa shape index (κ3) is 2.67. The van der Waals surface area contributed by atoms with E-state index in [4.69, 9.17) is 23.2 Å². The average molecular weight is 418 g/mol. The lowest BCUT2D eigenvalue weighted by Crippen LogP contribution is -2.03. The van der Waals surface area contributed by atoms with Crippen LogP contribution in [0.4, 0.5) is 5.69 Å². The van der Waals surface area contributed by atoms with Crippen molar-refractivity contribution in [3.63, 3.8) is 0 Å². The van der Waals surface area contributed by atoms with E-state index < -0.39 is 0 Å². The van der Waals surface area contributed by atoms with Gasteiger partial charge in [0, 0.05) is 14.3 Å². The number of benzene rings is 2. The van der Waals surface area contributed by atoms with Crippen LogP contribution in [0.15, 0.2) is 36.4 Å². The molecular formula is C15H10Cl2INO. The Morgan fingerprint density at radius 1 is 1.25 bits per heavy atom. The van der Waals surface area contributed by atoms with Crippen molar-refractivity contribution in [2.75, 3.05) is 5.32 Å². The largest absolute Gasteiger partial charge is 0.325 e. The molecule has 0 aromatic heterocycles. The molecule has 0 saturated carbocycles. The summed E-state index contributed by atoms with van der Waals surface area (Å²) in [6.45, 7) is 0. The van der Waals surface area contributed by atoms with Gasteiger partial charge in [-0.3, -0.25) is 4.79 Å². The third-order valence-corrected chi connectivity index (χ3v) is 4.75. The first-order valence-electron chi connectivity index (χ1n) is 6.06. The first kappa shape index (κ1) is 14.2. The van der Waals surface area contributed by atoms with E-state index in [1.807, 2.05) is 30.3 Å². The number of rotatable bonds is 2. The second-order valence-electron chi connectivity index (χ2n) is 4.67. The van der Waals surface area contributed by atoms with Crippen molar-refractivity contribution in [2.45, 2.75) is 11.8 Å². The summed E-state index contributed by atoms with van der Waals surface area (Å²) < 4.78 is 1.12. The minimum Gasteiger partial charge on any atom is -0.325 e. The van der Waals surface area contributed by atoms with Gasteiger partial charge in [0.25, 0.3) is 0 Å². The second kappa shape index (κ2) is 5.54. The van der Waals surface area contributed by atoms with Crippen molar-refractivity contribution < 1.29 is 4.79 Å². The number of fused-ring (bicyclic) bond motifs is 1. The fraction of sp³-hybridized carbons (Fsp3) is 0.133. The van der Waals surface area contributed by atoms with E-state index in [2.05, 4.69) is 27.9 Å². The Morgan fingerprint density at radius 2 is 2.05 bits per heavy atom. The molecule has 0 bridgehead atoms. The molecular weight excluding hydrogens is 408 g/mol. The highest BCUT2D eigenvalue weighted by molar-refractivity contribution is 14.1. The quantitative estimate of drug-likeness (QED) is 0.553. The van der Waals surface area contributed by atoms with Gasteiger partial charge < -0.3 is 5.32 Å². The first-order valence-corrected chi connectivity index (χ1v) is 7.95. The van der Waals surface area contributed by atoms with Gasteiger partial charge in [-0.05, 0) is 63.5 Å².